The molecule has 0 bridgehead atoms. The van der Waals surface area contributed by atoms with Gasteiger partial charge in [0, 0.05) is 16.1 Å². The van der Waals surface area contributed by atoms with Crippen molar-refractivity contribution in [2.75, 3.05) is 5.73 Å². The summed E-state index contributed by atoms with van der Waals surface area (Å²) in [6.07, 6.45) is 0. The molecule has 0 amide bonds. The van der Waals surface area contributed by atoms with E-state index in [1.54, 1.807) is 12.1 Å². The van der Waals surface area contributed by atoms with E-state index in [9.17, 15) is 0 Å². The third-order valence-electron chi connectivity index (χ3n) is 1.73. The Kier molecular flexibility index (Phi) is 2.48. The van der Waals surface area contributed by atoms with Crippen LogP contribution in [0.3, 0.4) is 0 Å². The number of nitrogens with two attached hydrogens (primary N) is 1. The molecule has 0 saturated carbocycles. The third-order valence-corrected chi connectivity index (χ3v) is 2.96. The van der Waals surface area contributed by atoms with E-state index >= 15 is 0 Å². The second kappa shape index (κ2) is 3.63. The largest absolute Gasteiger partial charge is 0.381 e. The van der Waals surface area contributed by atoms with Gasteiger partial charge in [-0.25, -0.2) is 0 Å². The van der Waals surface area contributed by atoms with Crippen LogP contribution in [0, 0.1) is 0 Å². The van der Waals surface area contributed by atoms with Gasteiger partial charge in [0.15, 0.2) is 11.6 Å². The van der Waals surface area contributed by atoms with Gasteiger partial charge in [0.05, 0.1) is 5.02 Å². The molecule has 14 heavy (non-hydrogen) atoms. The van der Waals surface area contributed by atoms with Crippen molar-refractivity contribution in [1.29, 1.82) is 0 Å². The SMILES string of the molecule is Nc1cc(-c2ccc(Br)c(Cl)c2)on1. The molecule has 0 atom stereocenters. The van der Waals surface area contributed by atoms with Crippen molar-refractivity contribution in [3.8, 4) is 11.3 Å². The third kappa shape index (κ3) is 1.76. The molecular formula is C9H6BrClN2O. The van der Waals surface area contributed by atoms with Crippen molar-refractivity contribution in [3.63, 3.8) is 0 Å². The molecule has 1 aromatic carbocycles. The van der Waals surface area contributed by atoms with E-state index < -0.39 is 0 Å². The average molecular weight is 274 g/mol. The van der Waals surface area contributed by atoms with Crippen LogP contribution in [0.5, 0.6) is 0 Å². The lowest BCUT2D eigenvalue weighted by atomic mass is 10.2. The Morgan fingerprint density at radius 3 is 2.71 bits per heavy atom. The summed E-state index contributed by atoms with van der Waals surface area (Å²) in [6.45, 7) is 0. The minimum atomic E-state index is 0.360. The first-order chi connectivity index (χ1) is 6.66. The number of hydrogen-bond acceptors (Lipinski definition) is 3. The lowest BCUT2D eigenvalue weighted by Crippen LogP contribution is -1.80. The highest BCUT2D eigenvalue weighted by atomic mass is 79.9. The first-order valence-electron chi connectivity index (χ1n) is 3.84. The van der Waals surface area contributed by atoms with Gasteiger partial charge < -0.3 is 10.3 Å². The van der Waals surface area contributed by atoms with E-state index in [1.807, 2.05) is 12.1 Å². The summed E-state index contributed by atoms with van der Waals surface area (Å²) in [5, 5.41) is 4.22. The molecule has 0 unspecified atom stereocenters. The highest BCUT2D eigenvalue weighted by Gasteiger charge is 2.06. The standard InChI is InChI=1S/C9H6BrClN2O/c10-6-2-1-5(3-7(6)11)8-4-9(12)13-14-8/h1-4H,(H2,12,13). The number of benzene rings is 1. The van der Waals surface area contributed by atoms with E-state index in [0.29, 0.717) is 16.6 Å². The fraction of sp³-hybridized carbons (Fsp3) is 0. The monoisotopic (exact) mass is 272 g/mol. The molecule has 72 valence electrons. The fourth-order valence-electron chi connectivity index (χ4n) is 1.07. The molecule has 0 spiro atoms. The van der Waals surface area contributed by atoms with E-state index in [-0.39, 0.29) is 0 Å². The number of hydrogen-bond donors (Lipinski definition) is 1. The second-order valence-electron chi connectivity index (χ2n) is 2.74. The van der Waals surface area contributed by atoms with Crippen molar-refractivity contribution in [2.24, 2.45) is 0 Å². The summed E-state index contributed by atoms with van der Waals surface area (Å²) in [5.74, 6) is 0.968. The summed E-state index contributed by atoms with van der Waals surface area (Å²) in [5.41, 5.74) is 6.29. The number of rotatable bonds is 1. The Morgan fingerprint density at radius 1 is 1.36 bits per heavy atom. The highest BCUT2D eigenvalue weighted by Crippen LogP contribution is 2.29. The molecule has 0 saturated heterocycles. The summed E-state index contributed by atoms with van der Waals surface area (Å²) < 4.78 is 5.84. The lowest BCUT2D eigenvalue weighted by molar-refractivity contribution is 0.436. The zero-order valence-electron chi connectivity index (χ0n) is 7.00. The quantitative estimate of drug-likeness (QED) is 0.867. The minimum Gasteiger partial charge on any atom is -0.381 e. The van der Waals surface area contributed by atoms with Gasteiger partial charge >= 0.3 is 0 Å². The summed E-state index contributed by atoms with van der Waals surface area (Å²) >= 11 is 9.23. The molecule has 5 heteroatoms. The Bertz CT molecular complexity index is 470. The minimum absolute atomic E-state index is 0.360. The van der Waals surface area contributed by atoms with E-state index in [2.05, 4.69) is 21.1 Å². The van der Waals surface area contributed by atoms with E-state index in [0.717, 1.165) is 10.0 Å². The first kappa shape index (κ1) is 9.55. The highest BCUT2D eigenvalue weighted by molar-refractivity contribution is 9.10. The number of anilines is 1. The Hall–Kier alpha value is -1.00. The molecule has 2 aromatic rings. The van der Waals surface area contributed by atoms with Crippen LogP contribution in [-0.4, -0.2) is 5.16 Å². The lowest BCUT2D eigenvalue weighted by Gasteiger charge is -1.98. The van der Waals surface area contributed by atoms with Crippen LogP contribution in [0.1, 0.15) is 0 Å². The molecule has 0 aliphatic carbocycles. The van der Waals surface area contributed by atoms with Gasteiger partial charge in [-0.05, 0) is 34.1 Å². The van der Waals surface area contributed by atoms with Crippen LogP contribution in [0.25, 0.3) is 11.3 Å². The number of aromatic nitrogens is 1. The van der Waals surface area contributed by atoms with Crippen LogP contribution in [0.4, 0.5) is 5.82 Å². The van der Waals surface area contributed by atoms with Gasteiger partial charge in [0.1, 0.15) is 0 Å². The van der Waals surface area contributed by atoms with Crippen molar-refractivity contribution in [3.05, 3.63) is 33.8 Å². The van der Waals surface area contributed by atoms with Crippen molar-refractivity contribution >= 4 is 33.3 Å². The molecule has 0 fully saturated rings. The second-order valence-corrected chi connectivity index (χ2v) is 4.01. The summed E-state index contributed by atoms with van der Waals surface area (Å²) in [6, 6.07) is 7.15. The zero-order chi connectivity index (χ0) is 10.1. The van der Waals surface area contributed by atoms with Crippen LogP contribution in [0.15, 0.2) is 33.3 Å². The Labute approximate surface area is 94.0 Å². The molecule has 3 nitrogen and oxygen atoms in total. The van der Waals surface area contributed by atoms with Crippen molar-refractivity contribution in [2.45, 2.75) is 0 Å². The van der Waals surface area contributed by atoms with Gasteiger partial charge in [0.2, 0.25) is 0 Å². The molecule has 0 radical (unpaired) electrons. The average Bonchev–Trinajstić information content (AvgIpc) is 2.57. The number of nitrogens with zero attached hydrogens (tertiary/aromatic N) is 1. The number of nitrogen functional groups attached to an aromatic ring is 1. The van der Waals surface area contributed by atoms with Crippen LogP contribution in [0.2, 0.25) is 5.02 Å². The van der Waals surface area contributed by atoms with Crippen molar-refractivity contribution < 1.29 is 4.52 Å². The Morgan fingerprint density at radius 2 is 2.14 bits per heavy atom. The molecule has 0 aliphatic heterocycles. The van der Waals surface area contributed by atoms with Crippen molar-refractivity contribution in [1.82, 2.24) is 5.16 Å². The number of halogens is 2. The molecular weight excluding hydrogens is 267 g/mol. The molecule has 2 rings (SSSR count). The fourth-order valence-corrected chi connectivity index (χ4v) is 1.50. The normalized spacial score (nSPS) is 10.4. The topological polar surface area (TPSA) is 52.0 Å². The predicted molar refractivity (Wildman–Crippen MR) is 59.1 cm³/mol. The van der Waals surface area contributed by atoms with Gasteiger partial charge in [-0.1, -0.05) is 16.8 Å². The van der Waals surface area contributed by atoms with Crippen LogP contribution in [-0.2, 0) is 0 Å². The zero-order valence-corrected chi connectivity index (χ0v) is 9.34. The first-order valence-corrected chi connectivity index (χ1v) is 5.01. The van der Waals surface area contributed by atoms with Crippen LogP contribution < -0.4 is 5.73 Å². The molecule has 1 aromatic heterocycles. The van der Waals surface area contributed by atoms with Gasteiger partial charge in [-0.3, -0.25) is 0 Å². The predicted octanol–water partition coefficient (Wildman–Crippen LogP) is 3.34. The van der Waals surface area contributed by atoms with Gasteiger partial charge in [-0.2, -0.15) is 0 Å². The van der Waals surface area contributed by atoms with Gasteiger partial charge in [0.25, 0.3) is 0 Å². The molecule has 1 heterocycles. The van der Waals surface area contributed by atoms with Gasteiger partial charge in [-0.15, -0.1) is 0 Å². The maximum atomic E-state index is 5.93. The summed E-state index contributed by atoms with van der Waals surface area (Å²) in [7, 11) is 0. The molecule has 2 N–H and O–H groups in total. The Balaban J connectivity index is 2.47. The maximum absolute atomic E-state index is 5.93. The maximum Gasteiger partial charge on any atom is 0.169 e. The van der Waals surface area contributed by atoms with E-state index in [4.69, 9.17) is 21.9 Å². The smallest absolute Gasteiger partial charge is 0.169 e. The summed E-state index contributed by atoms with van der Waals surface area (Å²) in [4.78, 5) is 0. The van der Waals surface area contributed by atoms with E-state index in [1.165, 1.54) is 0 Å². The molecule has 0 aliphatic rings. The van der Waals surface area contributed by atoms with Crippen LogP contribution >= 0.6 is 27.5 Å².